The second-order valence-electron chi connectivity index (χ2n) is 8.56. The van der Waals surface area contributed by atoms with Crippen LogP contribution in [0.2, 0.25) is 0 Å². The highest BCUT2D eigenvalue weighted by Gasteiger charge is 2.34. The number of hydrogen-bond acceptors (Lipinski definition) is 6. The van der Waals surface area contributed by atoms with Gasteiger partial charge >= 0.3 is 5.97 Å². The molecule has 0 saturated carbocycles. The predicted octanol–water partition coefficient (Wildman–Crippen LogP) is 5.56. The van der Waals surface area contributed by atoms with E-state index < -0.39 is 5.97 Å². The van der Waals surface area contributed by atoms with E-state index in [1.807, 2.05) is 29.6 Å². The maximum absolute atomic E-state index is 12.6. The molecule has 1 aliphatic rings. The van der Waals surface area contributed by atoms with Gasteiger partial charge in [-0.15, -0.1) is 11.3 Å². The van der Waals surface area contributed by atoms with Gasteiger partial charge in [0.05, 0.1) is 18.2 Å². The van der Waals surface area contributed by atoms with Gasteiger partial charge in [-0.3, -0.25) is 19.3 Å². The zero-order chi connectivity index (χ0) is 25.7. The summed E-state index contributed by atoms with van der Waals surface area (Å²) in [4.78, 5) is 51.3. The first-order valence-electron chi connectivity index (χ1n) is 12.0. The largest absolute Gasteiger partial charge is 0.465 e. The van der Waals surface area contributed by atoms with Gasteiger partial charge in [0.15, 0.2) is 0 Å². The quantitative estimate of drug-likeness (QED) is 0.222. The van der Waals surface area contributed by atoms with Crippen LogP contribution in [-0.2, 0) is 16.0 Å². The number of thiophene rings is 1. The van der Waals surface area contributed by atoms with Crippen molar-refractivity contribution in [1.29, 1.82) is 0 Å². The number of rotatable bonds is 10. The number of imide groups is 1. The van der Waals surface area contributed by atoms with Crippen LogP contribution in [0.3, 0.4) is 0 Å². The average molecular weight is 505 g/mol. The number of nitrogens with one attached hydrogen (secondary N) is 1. The molecule has 1 aromatic heterocycles. The summed E-state index contributed by atoms with van der Waals surface area (Å²) in [5.41, 5.74) is 4.05. The number of nitrogens with zero attached hydrogens (tertiary/aromatic N) is 1. The normalized spacial score (nSPS) is 12.6. The van der Waals surface area contributed by atoms with Crippen molar-refractivity contribution >= 4 is 40.0 Å². The Bertz CT molecular complexity index is 1260. The number of methoxy groups -OCH3 is 1. The fourth-order valence-electron chi connectivity index (χ4n) is 4.25. The molecule has 1 N–H and O–H groups in total. The fourth-order valence-corrected chi connectivity index (χ4v) is 5.22. The van der Waals surface area contributed by atoms with E-state index in [2.05, 4.69) is 12.2 Å². The van der Waals surface area contributed by atoms with E-state index in [-0.39, 0.29) is 24.1 Å². The molecule has 4 rings (SSSR count). The Morgan fingerprint density at radius 2 is 1.58 bits per heavy atom. The third-order valence-corrected chi connectivity index (χ3v) is 7.17. The van der Waals surface area contributed by atoms with E-state index >= 15 is 0 Å². The highest BCUT2D eigenvalue weighted by Crippen LogP contribution is 2.36. The Morgan fingerprint density at radius 3 is 2.19 bits per heavy atom. The van der Waals surface area contributed by atoms with Crippen LogP contribution < -0.4 is 5.32 Å². The van der Waals surface area contributed by atoms with Gasteiger partial charge < -0.3 is 10.1 Å². The van der Waals surface area contributed by atoms with Crippen LogP contribution in [0.1, 0.15) is 69.2 Å². The Morgan fingerprint density at radius 1 is 0.917 bits per heavy atom. The van der Waals surface area contributed by atoms with E-state index in [0.29, 0.717) is 47.5 Å². The van der Waals surface area contributed by atoms with Crippen LogP contribution in [-0.4, -0.2) is 42.2 Å². The van der Waals surface area contributed by atoms with Gasteiger partial charge in [0, 0.05) is 23.9 Å². The molecule has 0 saturated heterocycles. The van der Waals surface area contributed by atoms with Crippen LogP contribution in [0.5, 0.6) is 0 Å². The summed E-state index contributed by atoms with van der Waals surface area (Å²) in [6.07, 6.45) is 3.08. The Labute approximate surface area is 214 Å². The van der Waals surface area contributed by atoms with Gasteiger partial charge in [0.1, 0.15) is 10.6 Å². The number of carbonyl (C=O) groups is 4. The van der Waals surface area contributed by atoms with E-state index in [1.54, 1.807) is 24.3 Å². The molecule has 0 radical (unpaired) electrons. The molecule has 0 spiro atoms. The molecule has 186 valence electrons. The number of carbonyl (C=O) groups excluding carboxylic acids is 4. The molecule has 1 aliphatic heterocycles. The van der Waals surface area contributed by atoms with Crippen molar-refractivity contribution in [2.75, 3.05) is 19.0 Å². The summed E-state index contributed by atoms with van der Waals surface area (Å²) in [5.74, 6) is -1.22. The van der Waals surface area contributed by atoms with Crippen LogP contribution >= 0.6 is 11.3 Å². The number of hydrogen-bond donors (Lipinski definition) is 1. The lowest BCUT2D eigenvalue weighted by molar-refractivity contribution is -0.116. The smallest absolute Gasteiger partial charge is 0.341 e. The van der Waals surface area contributed by atoms with Crippen LogP contribution in [0.15, 0.2) is 53.9 Å². The highest BCUT2D eigenvalue weighted by atomic mass is 32.1. The fraction of sp³-hybridized carbons (Fsp3) is 0.286. The number of amides is 3. The second kappa shape index (κ2) is 11.3. The number of anilines is 1. The lowest BCUT2D eigenvalue weighted by Crippen LogP contribution is -2.30. The number of ether oxygens (including phenoxy) is 1. The highest BCUT2D eigenvalue weighted by molar-refractivity contribution is 7.15. The Kier molecular flexibility index (Phi) is 7.95. The zero-order valence-corrected chi connectivity index (χ0v) is 21.2. The van der Waals surface area contributed by atoms with Crippen LogP contribution in [0.4, 0.5) is 5.00 Å². The van der Waals surface area contributed by atoms with Crippen molar-refractivity contribution < 1.29 is 23.9 Å². The zero-order valence-electron chi connectivity index (χ0n) is 20.3. The Hall–Kier alpha value is -3.78. The molecule has 0 bridgehead atoms. The second-order valence-corrected chi connectivity index (χ2v) is 9.44. The average Bonchev–Trinajstić information content (AvgIpc) is 3.42. The minimum Gasteiger partial charge on any atom is -0.465 e. The Balaban J connectivity index is 1.30. The minimum absolute atomic E-state index is 0.199. The van der Waals surface area contributed by atoms with Gasteiger partial charge in [-0.25, -0.2) is 4.79 Å². The maximum Gasteiger partial charge on any atom is 0.341 e. The summed E-state index contributed by atoms with van der Waals surface area (Å²) in [7, 11) is 1.32. The summed E-state index contributed by atoms with van der Waals surface area (Å²) in [6, 6.07) is 14.8. The molecule has 0 fully saturated rings. The topological polar surface area (TPSA) is 92.8 Å². The molecule has 0 aliphatic carbocycles. The van der Waals surface area contributed by atoms with Crippen LogP contribution in [0.25, 0.3) is 11.1 Å². The van der Waals surface area contributed by atoms with Crippen molar-refractivity contribution in [3.8, 4) is 11.1 Å². The maximum atomic E-state index is 12.6. The standard InChI is InChI=1S/C28H28N2O5S/c1-3-18-12-14-19(15-13-18)22-17-36-25(24(22)28(34)35-2)29-23(31)11-5-4-8-16-30-26(32)20-9-6-7-10-21(20)27(30)33/h6-7,9-10,12-15,17H,3-5,8,11,16H2,1-2H3,(H,29,31). The minimum atomic E-state index is -0.498. The monoisotopic (exact) mass is 504 g/mol. The molecule has 7 nitrogen and oxygen atoms in total. The SMILES string of the molecule is CCc1ccc(-c2csc(NC(=O)CCCCCN3C(=O)c4ccccc4C3=O)c2C(=O)OC)cc1. The molecule has 36 heavy (non-hydrogen) atoms. The number of esters is 1. The van der Waals surface area contributed by atoms with E-state index in [4.69, 9.17) is 4.74 Å². The summed E-state index contributed by atoms with van der Waals surface area (Å²) < 4.78 is 4.98. The van der Waals surface area contributed by atoms with Gasteiger partial charge in [0.2, 0.25) is 5.91 Å². The van der Waals surface area contributed by atoms with Crippen molar-refractivity contribution in [3.05, 3.63) is 76.2 Å². The van der Waals surface area contributed by atoms with E-state index in [9.17, 15) is 19.2 Å². The van der Waals surface area contributed by atoms with E-state index in [1.165, 1.54) is 28.9 Å². The summed E-state index contributed by atoms with van der Waals surface area (Å²) in [6.45, 7) is 2.41. The molecular formula is C28H28N2O5S. The first kappa shape index (κ1) is 25.3. The summed E-state index contributed by atoms with van der Waals surface area (Å²) in [5, 5.41) is 5.17. The lowest BCUT2D eigenvalue weighted by Gasteiger charge is -2.13. The van der Waals surface area contributed by atoms with Crippen molar-refractivity contribution in [1.82, 2.24) is 4.90 Å². The van der Waals surface area contributed by atoms with Gasteiger partial charge in [0.25, 0.3) is 11.8 Å². The first-order valence-corrected chi connectivity index (χ1v) is 12.9. The van der Waals surface area contributed by atoms with Crippen LogP contribution in [0, 0.1) is 0 Å². The van der Waals surface area contributed by atoms with Crippen molar-refractivity contribution in [2.45, 2.75) is 39.0 Å². The molecule has 2 aromatic carbocycles. The van der Waals surface area contributed by atoms with Gasteiger partial charge in [-0.05, 0) is 42.5 Å². The third kappa shape index (κ3) is 5.23. The first-order chi connectivity index (χ1) is 17.4. The molecule has 0 atom stereocenters. The van der Waals surface area contributed by atoms with Gasteiger partial charge in [-0.1, -0.05) is 49.7 Å². The van der Waals surface area contributed by atoms with E-state index in [0.717, 1.165) is 17.5 Å². The molecule has 8 heteroatoms. The predicted molar refractivity (Wildman–Crippen MR) is 139 cm³/mol. The number of benzene rings is 2. The van der Waals surface area contributed by atoms with Crippen molar-refractivity contribution in [2.24, 2.45) is 0 Å². The number of fused-ring (bicyclic) bond motifs is 1. The molecule has 3 amide bonds. The van der Waals surface area contributed by atoms with Crippen molar-refractivity contribution in [3.63, 3.8) is 0 Å². The number of aryl methyl sites for hydroxylation is 1. The molecule has 3 aromatic rings. The third-order valence-electron chi connectivity index (χ3n) is 6.27. The molecular weight excluding hydrogens is 476 g/mol. The summed E-state index contributed by atoms with van der Waals surface area (Å²) >= 11 is 1.29. The molecule has 2 heterocycles. The molecule has 0 unspecified atom stereocenters. The number of unbranched alkanes of at least 4 members (excludes halogenated alkanes) is 2. The van der Waals surface area contributed by atoms with Gasteiger partial charge in [-0.2, -0.15) is 0 Å². The lowest BCUT2D eigenvalue weighted by atomic mass is 10.0.